The number of thiophene rings is 1. The normalized spacial score (nSPS) is 18.2. The Morgan fingerprint density at radius 3 is 2.76 bits per heavy atom. The van der Waals surface area contributed by atoms with Crippen LogP contribution in [0.5, 0.6) is 0 Å². The van der Waals surface area contributed by atoms with Crippen molar-refractivity contribution in [3.8, 4) is 0 Å². The topological polar surface area (TPSA) is 49.3 Å². The molecule has 3 nitrogen and oxygen atoms in total. The minimum absolute atomic E-state index is 0.0242. The lowest BCUT2D eigenvalue weighted by molar-refractivity contribution is 0.0881. The molecule has 0 bridgehead atoms. The van der Waals surface area contributed by atoms with Gasteiger partial charge in [0.2, 0.25) is 0 Å². The predicted molar refractivity (Wildman–Crippen MR) is 77.4 cm³/mol. The summed E-state index contributed by atoms with van der Waals surface area (Å²) in [5, 5.41) is 14.3. The van der Waals surface area contributed by atoms with Crippen LogP contribution in [-0.4, -0.2) is 24.2 Å². The van der Waals surface area contributed by atoms with Gasteiger partial charge < -0.3 is 10.4 Å². The van der Waals surface area contributed by atoms with E-state index in [1.165, 1.54) is 0 Å². The van der Waals surface area contributed by atoms with Crippen LogP contribution >= 0.6 is 33.9 Å². The summed E-state index contributed by atoms with van der Waals surface area (Å²) in [4.78, 5) is 11.9. The summed E-state index contributed by atoms with van der Waals surface area (Å²) in [5.74, 6) is -0.0242. The molecule has 1 heterocycles. The first-order valence-corrected chi connectivity index (χ1v) is 7.74. The van der Waals surface area contributed by atoms with E-state index in [1.54, 1.807) is 11.3 Å². The van der Waals surface area contributed by atoms with Crippen LogP contribution in [0.1, 0.15) is 36.0 Å². The number of rotatable bonds is 4. The summed E-state index contributed by atoms with van der Waals surface area (Å²) in [7, 11) is 0. The lowest BCUT2D eigenvalue weighted by Gasteiger charge is -2.26. The van der Waals surface area contributed by atoms with Gasteiger partial charge in [-0.25, -0.2) is 0 Å². The van der Waals surface area contributed by atoms with Gasteiger partial charge in [0, 0.05) is 17.3 Å². The fraction of sp³-hybridized carbons (Fsp3) is 0.583. The molecule has 1 saturated carbocycles. The second-order valence-electron chi connectivity index (χ2n) is 4.69. The van der Waals surface area contributed by atoms with Gasteiger partial charge in [0.1, 0.15) is 0 Å². The number of aliphatic hydroxyl groups is 1. The summed E-state index contributed by atoms with van der Waals surface area (Å²) < 4.78 is 1.12. The third-order valence-electron chi connectivity index (χ3n) is 3.45. The van der Waals surface area contributed by atoms with Gasteiger partial charge in [-0.05, 0) is 41.5 Å². The van der Waals surface area contributed by atoms with Crippen molar-refractivity contribution in [1.29, 1.82) is 0 Å². The van der Waals surface area contributed by atoms with Crippen molar-refractivity contribution < 1.29 is 9.90 Å². The summed E-state index contributed by atoms with van der Waals surface area (Å²) >= 11 is 3.78. The molecule has 1 amide bonds. The summed E-state index contributed by atoms with van der Waals surface area (Å²) in [5.41, 5.74) is 0.657. The number of hydrogen-bond acceptors (Lipinski definition) is 3. The Bertz CT molecular complexity index is 399. The van der Waals surface area contributed by atoms with Crippen molar-refractivity contribution in [1.82, 2.24) is 5.32 Å². The van der Waals surface area contributed by atoms with Gasteiger partial charge in [0.05, 0.1) is 15.1 Å². The molecule has 1 fully saturated rings. The SMILES string of the molecule is O=C(NCC1(CO)CCCC1)c1csc(I)c1. The quantitative estimate of drug-likeness (QED) is 0.806. The van der Waals surface area contributed by atoms with Gasteiger partial charge in [-0.1, -0.05) is 12.8 Å². The van der Waals surface area contributed by atoms with Gasteiger partial charge in [0.25, 0.3) is 5.91 Å². The van der Waals surface area contributed by atoms with Crippen LogP contribution in [0.3, 0.4) is 0 Å². The van der Waals surface area contributed by atoms with Crippen LogP contribution in [0.4, 0.5) is 0 Å². The van der Waals surface area contributed by atoms with Crippen LogP contribution < -0.4 is 5.32 Å². The second-order valence-corrected chi connectivity index (χ2v) is 7.49. The first-order chi connectivity index (χ1) is 8.15. The number of carbonyl (C=O) groups excluding carboxylic acids is 1. The monoisotopic (exact) mass is 365 g/mol. The van der Waals surface area contributed by atoms with Gasteiger partial charge in [-0.15, -0.1) is 11.3 Å². The van der Waals surface area contributed by atoms with Crippen LogP contribution in [0.15, 0.2) is 11.4 Å². The van der Waals surface area contributed by atoms with E-state index in [2.05, 4.69) is 27.9 Å². The highest BCUT2D eigenvalue weighted by Crippen LogP contribution is 2.36. The fourth-order valence-corrected chi connectivity index (χ4v) is 3.64. The zero-order valence-electron chi connectivity index (χ0n) is 9.54. The Kier molecular flexibility index (Phi) is 4.43. The number of nitrogens with one attached hydrogen (secondary N) is 1. The Morgan fingerprint density at radius 2 is 2.24 bits per heavy atom. The fourth-order valence-electron chi connectivity index (χ4n) is 2.31. The van der Waals surface area contributed by atoms with E-state index < -0.39 is 0 Å². The van der Waals surface area contributed by atoms with Gasteiger partial charge in [0.15, 0.2) is 0 Å². The Balaban J connectivity index is 1.91. The third kappa shape index (κ3) is 3.20. The number of halogens is 1. The molecular formula is C12H16INO2S. The minimum Gasteiger partial charge on any atom is -0.396 e. The molecule has 1 aliphatic rings. The molecule has 17 heavy (non-hydrogen) atoms. The summed E-state index contributed by atoms with van der Waals surface area (Å²) in [6, 6.07) is 1.89. The molecule has 1 aliphatic carbocycles. The molecule has 0 saturated heterocycles. The molecule has 0 atom stereocenters. The maximum atomic E-state index is 11.9. The van der Waals surface area contributed by atoms with E-state index in [1.807, 2.05) is 11.4 Å². The Morgan fingerprint density at radius 1 is 1.53 bits per heavy atom. The zero-order chi connectivity index (χ0) is 12.3. The van der Waals surface area contributed by atoms with E-state index >= 15 is 0 Å². The van der Waals surface area contributed by atoms with Crippen molar-refractivity contribution in [2.45, 2.75) is 25.7 Å². The van der Waals surface area contributed by atoms with Gasteiger partial charge >= 0.3 is 0 Å². The molecule has 5 heteroatoms. The van der Waals surface area contributed by atoms with E-state index in [0.717, 1.165) is 34.1 Å². The second kappa shape index (κ2) is 5.67. The standard InChI is InChI=1S/C12H16INO2S/c13-10-5-9(6-17-10)11(16)14-7-12(8-15)3-1-2-4-12/h5-6,15H,1-4,7-8H2,(H,14,16). The molecule has 0 unspecified atom stereocenters. The van der Waals surface area contributed by atoms with Gasteiger partial charge in [-0.3, -0.25) is 4.79 Å². The minimum atomic E-state index is -0.0706. The van der Waals surface area contributed by atoms with Crippen LogP contribution in [0, 0.1) is 8.30 Å². The molecule has 2 N–H and O–H groups in total. The number of aliphatic hydroxyl groups excluding tert-OH is 1. The molecule has 1 aromatic heterocycles. The highest BCUT2D eigenvalue weighted by atomic mass is 127. The van der Waals surface area contributed by atoms with Crippen LogP contribution in [0.2, 0.25) is 0 Å². The average molecular weight is 365 g/mol. The Labute approximate surface area is 119 Å². The number of amides is 1. The molecule has 0 aromatic carbocycles. The average Bonchev–Trinajstić information content (AvgIpc) is 2.95. The highest BCUT2D eigenvalue weighted by molar-refractivity contribution is 14.1. The first-order valence-electron chi connectivity index (χ1n) is 5.78. The largest absolute Gasteiger partial charge is 0.396 e. The lowest BCUT2D eigenvalue weighted by Crippen LogP contribution is -2.38. The molecule has 0 spiro atoms. The summed E-state index contributed by atoms with van der Waals surface area (Å²) in [6.45, 7) is 0.767. The molecule has 1 aromatic rings. The number of carbonyl (C=O) groups is 1. The van der Waals surface area contributed by atoms with Crippen molar-refractivity contribution in [2.75, 3.05) is 13.2 Å². The van der Waals surface area contributed by atoms with Gasteiger partial charge in [-0.2, -0.15) is 0 Å². The van der Waals surface area contributed by atoms with Crippen LogP contribution in [-0.2, 0) is 0 Å². The maximum absolute atomic E-state index is 11.9. The van der Waals surface area contributed by atoms with Crippen molar-refractivity contribution in [3.05, 3.63) is 19.9 Å². The van der Waals surface area contributed by atoms with E-state index in [0.29, 0.717) is 6.54 Å². The summed E-state index contributed by atoms with van der Waals surface area (Å²) in [6.07, 6.45) is 4.36. The molecule has 2 rings (SSSR count). The maximum Gasteiger partial charge on any atom is 0.252 e. The highest BCUT2D eigenvalue weighted by Gasteiger charge is 2.33. The molecular weight excluding hydrogens is 349 g/mol. The molecule has 94 valence electrons. The lowest BCUT2D eigenvalue weighted by atomic mass is 9.87. The predicted octanol–water partition coefficient (Wildman–Crippen LogP) is 2.64. The molecule has 0 aliphatic heterocycles. The van der Waals surface area contributed by atoms with E-state index in [4.69, 9.17) is 0 Å². The van der Waals surface area contributed by atoms with E-state index in [-0.39, 0.29) is 17.9 Å². The molecule has 0 radical (unpaired) electrons. The van der Waals surface area contributed by atoms with Crippen molar-refractivity contribution >= 4 is 39.8 Å². The van der Waals surface area contributed by atoms with Crippen molar-refractivity contribution in [2.24, 2.45) is 5.41 Å². The number of hydrogen-bond donors (Lipinski definition) is 2. The van der Waals surface area contributed by atoms with E-state index in [9.17, 15) is 9.90 Å². The smallest absolute Gasteiger partial charge is 0.252 e. The third-order valence-corrected chi connectivity index (χ3v) is 5.24. The zero-order valence-corrected chi connectivity index (χ0v) is 12.5. The van der Waals surface area contributed by atoms with Crippen LogP contribution in [0.25, 0.3) is 0 Å². The first kappa shape index (κ1) is 13.3. The van der Waals surface area contributed by atoms with Crippen molar-refractivity contribution in [3.63, 3.8) is 0 Å². The Hall–Kier alpha value is -0.140.